The monoisotopic (exact) mass is 394 g/mol. The molecule has 0 amide bonds. The fraction of sp³-hybridized carbons (Fsp3) is 0.316. The van der Waals surface area contributed by atoms with E-state index in [-0.39, 0.29) is 18.1 Å². The number of likely N-dealkylation sites (N-methyl/N-ethyl adjacent to an activating group) is 1. The molecule has 0 aliphatic carbocycles. The molecule has 1 aliphatic heterocycles. The zero-order chi connectivity index (χ0) is 19.0. The van der Waals surface area contributed by atoms with Crippen LogP contribution in [0.5, 0.6) is 5.75 Å². The Morgan fingerprint density at radius 2 is 2.12 bits per heavy atom. The molecule has 7 heteroatoms. The van der Waals surface area contributed by atoms with E-state index in [4.69, 9.17) is 27.9 Å². The summed E-state index contributed by atoms with van der Waals surface area (Å²) in [6, 6.07) is 5.32. The quantitative estimate of drug-likeness (QED) is 0.753. The first-order valence-electron chi connectivity index (χ1n) is 8.07. The van der Waals surface area contributed by atoms with Crippen LogP contribution in [0.4, 0.5) is 0 Å². The number of aliphatic hydroxyl groups is 1. The highest BCUT2D eigenvalue weighted by atomic mass is 35.5. The molecule has 0 saturated heterocycles. The first-order valence-corrected chi connectivity index (χ1v) is 8.83. The molecule has 1 aromatic heterocycles. The van der Waals surface area contributed by atoms with Gasteiger partial charge in [0.2, 0.25) is 0 Å². The molecular weight excluding hydrogens is 375 g/mol. The van der Waals surface area contributed by atoms with Gasteiger partial charge >= 0.3 is 0 Å². The molecule has 1 aliphatic rings. The maximum atomic E-state index is 10.6. The third kappa shape index (κ3) is 3.46. The Bertz CT molecular complexity index is 855. The van der Waals surface area contributed by atoms with E-state index in [1.807, 2.05) is 25.1 Å². The Labute approximate surface area is 162 Å². The van der Waals surface area contributed by atoms with Gasteiger partial charge in [0.05, 0.1) is 16.7 Å². The lowest BCUT2D eigenvalue weighted by molar-refractivity contribution is 0.0932. The minimum atomic E-state index is -1.06. The number of benzene rings is 1. The van der Waals surface area contributed by atoms with E-state index in [1.54, 1.807) is 18.3 Å². The van der Waals surface area contributed by atoms with Crippen molar-refractivity contribution in [1.29, 1.82) is 0 Å². The van der Waals surface area contributed by atoms with Crippen LogP contribution in [0.1, 0.15) is 34.6 Å². The lowest BCUT2D eigenvalue weighted by atomic mass is 9.98. The van der Waals surface area contributed by atoms with Crippen LogP contribution >= 0.6 is 23.2 Å². The molecule has 0 spiro atoms. The van der Waals surface area contributed by atoms with E-state index >= 15 is 0 Å². The van der Waals surface area contributed by atoms with E-state index in [9.17, 15) is 10.2 Å². The predicted octanol–water partition coefficient (Wildman–Crippen LogP) is 3.86. The highest BCUT2D eigenvalue weighted by Crippen LogP contribution is 2.44. The molecule has 0 fully saturated rings. The second kappa shape index (κ2) is 7.55. The van der Waals surface area contributed by atoms with E-state index in [0.717, 1.165) is 0 Å². The number of ether oxygens (including phenoxy) is 1. The fourth-order valence-corrected chi connectivity index (χ4v) is 3.48. The Balaban J connectivity index is 1.96. The molecule has 138 valence electrons. The number of hydrogen-bond acceptors (Lipinski definition) is 5. The van der Waals surface area contributed by atoms with Gasteiger partial charge in [-0.3, -0.25) is 4.98 Å². The number of aromatic nitrogens is 1. The van der Waals surface area contributed by atoms with Gasteiger partial charge in [-0.15, -0.1) is 0 Å². The van der Waals surface area contributed by atoms with Crippen molar-refractivity contribution in [3.8, 4) is 5.75 Å². The van der Waals surface area contributed by atoms with Gasteiger partial charge < -0.3 is 19.8 Å². The van der Waals surface area contributed by atoms with Crippen molar-refractivity contribution in [2.45, 2.75) is 18.8 Å². The third-order valence-corrected chi connectivity index (χ3v) is 5.16. The van der Waals surface area contributed by atoms with Crippen LogP contribution in [0.2, 0.25) is 10.0 Å². The molecule has 2 atom stereocenters. The Hall–Kier alpha value is -1.63. The van der Waals surface area contributed by atoms with Crippen molar-refractivity contribution >= 4 is 23.2 Å². The van der Waals surface area contributed by atoms with Crippen LogP contribution in [0.15, 0.2) is 36.5 Å². The summed E-state index contributed by atoms with van der Waals surface area (Å²) in [5, 5.41) is 22.0. The molecule has 2 aromatic rings. The topological polar surface area (TPSA) is 65.8 Å². The maximum Gasteiger partial charge on any atom is 0.146 e. The van der Waals surface area contributed by atoms with Crippen LogP contribution in [0.25, 0.3) is 0 Å². The summed E-state index contributed by atoms with van der Waals surface area (Å²) in [6.45, 7) is 4.56. The molecular formula is C19H20Cl2N2O3. The van der Waals surface area contributed by atoms with Crippen LogP contribution in [-0.4, -0.2) is 40.7 Å². The van der Waals surface area contributed by atoms with Gasteiger partial charge in [-0.25, -0.2) is 0 Å². The lowest BCUT2D eigenvalue weighted by Crippen LogP contribution is -2.19. The first kappa shape index (κ1) is 19.1. The first-order chi connectivity index (χ1) is 12.3. The standard InChI is InChI=1S/C19H20Cl2N2O3/c1-10(8-23(2)3)17(24)16-18(25)13-9-26-19(12(13)7-22-16)11-5-4-6-14(20)15(11)21/h4-7,17,19,24-25H,1,8-9H2,2-3H3. The van der Waals surface area contributed by atoms with Gasteiger partial charge in [0, 0.05) is 29.4 Å². The number of aromatic hydroxyl groups is 1. The van der Waals surface area contributed by atoms with Crippen molar-refractivity contribution in [3.05, 3.63) is 69.0 Å². The number of halogens is 2. The Kier molecular flexibility index (Phi) is 5.55. The van der Waals surface area contributed by atoms with Crippen LogP contribution < -0.4 is 0 Å². The van der Waals surface area contributed by atoms with E-state index in [0.29, 0.717) is 38.9 Å². The molecule has 3 rings (SSSR count). The van der Waals surface area contributed by atoms with Crippen molar-refractivity contribution in [2.75, 3.05) is 20.6 Å². The van der Waals surface area contributed by atoms with Crippen molar-refractivity contribution in [3.63, 3.8) is 0 Å². The number of fused-ring (bicyclic) bond motifs is 1. The fourth-order valence-electron chi connectivity index (χ4n) is 3.07. The zero-order valence-corrected chi connectivity index (χ0v) is 16.1. The van der Waals surface area contributed by atoms with E-state index in [2.05, 4.69) is 11.6 Å². The van der Waals surface area contributed by atoms with Crippen LogP contribution in [-0.2, 0) is 11.3 Å². The van der Waals surface area contributed by atoms with Crippen molar-refractivity contribution in [1.82, 2.24) is 9.88 Å². The summed E-state index contributed by atoms with van der Waals surface area (Å²) in [7, 11) is 3.75. The van der Waals surface area contributed by atoms with Crippen LogP contribution in [0.3, 0.4) is 0 Å². The van der Waals surface area contributed by atoms with E-state index in [1.165, 1.54) is 0 Å². The predicted molar refractivity (Wildman–Crippen MR) is 102 cm³/mol. The Morgan fingerprint density at radius 3 is 2.81 bits per heavy atom. The van der Waals surface area contributed by atoms with Gasteiger partial charge in [0.1, 0.15) is 23.7 Å². The average Bonchev–Trinajstić information content (AvgIpc) is 3.01. The maximum absolute atomic E-state index is 10.6. The van der Waals surface area contributed by atoms with Gasteiger partial charge in [-0.05, 0) is 25.7 Å². The molecule has 0 radical (unpaired) electrons. The van der Waals surface area contributed by atoms with E-state index < -0.39 is 12.2 Å². The van der Waals surface area contributed by atoms with Gasteiger partial charge in [0.25, 0.3) is 0 Å². The number of rotatable bonds is 5. The normalized spacial score (nSPS) is 17.4. The van der Waals surface area contributed by atoms with Gasteiger partial charge in [-0.2, -0.15) is 0 Å². The van der Waals surface area contributed by atoms with Crippen LogP contribution in [0, 0.1) is 0 Å². The average molecular weight is 395 g/mol. The molecule has 2 unspecified atom stereocenters. The molecule has 2 heterocycles. The number of nitrogens with zero attached hydrogens (tertiary/aromatic N) is 2. The smallest absolute Gasteiger partial charge is 0.146 e. The summed E-state index contributed by atoms with van der Waals surface area (Å²) in [6.07, 6.45) is 0.0770. The summed E-state index contributed by atoms with van der Waals surface area (Å²) < 4.78 is 5.83. The zero-order valence-electron chi connectivity index (χ0n) is 14.5. The lowest BCUT2D eigenvalue weighted by Gasteiger charge is -2.19. The second-order valence-electron chi connectivity index (χ2n) is 6.56. The third-order valence-electron chi connectivity index (χ3n) is 4.33. The molecule has 5 nitrogen and oxygen atoms in total. The molecule has 26 heavy (non-hydrogen) atoms. The molecule has 2 N–H and O–H groups in total. The van der Waals surface area contributed by atoms with Gasteiger partial charge in [0.15, 0.2) is 0 Å². The summed E-state index contributed by atoms with van der Waals surface area (Å²) in [5.41, 5.74) is 2.74. The highest BCUT2D eigenvalue weighted by molar-refractivity contribution is 6.42. The summed E-state index contributed by atoms with van der Waals surface area (Å²) >= 11 is 12.4. The number of aliphatic hydroxyl groups excluding tert-OH is 1. The SMILES string of the molecule is C=C(CN(C)C)C(O)c1ncc2c(c1O)COC2c1cccc(Cl)c1Cl. The second-order valence-corrected chi connectivity index (χ2v) is 7.34. The van der Waals surface area contributed by atoms with Crippen molar-refractivity contribution < 1.29 is 14.9 Å². The summed E-state index contributed by atoms with van der Waals surface area (Å²) in [5.74, 6) is -0.0736. The summed E-state index contributed by atoms with van der Waals surface area (Å²) in [4.78, 5) is 6.16. The molecule has 0 saturated carbocycles. The minimum Gasteiger partial charge on any atom is -0.506 e. The largest absolute Gasteiger partial charge is 0.506 e. The number of pyridine rings is 1. The van der Waals surface area contributed by atoms with Gasteiger partial charge in [-0.1, -0.05) is 41.9 Å². The molecule has 1 aromatic carbocycles. The highest BCUT2D eigenvalue weighted by Gasteiger charge is 2.32. The molecule has 0 bridgehead atoms. The number of hydrogen-bond donors (Lipinski definition) is 2. The van der Waals surface area contributed by atoms with Crippen molar-refractivity contribution in [2.24, 2.45) is 0 Å². The Morgan fingerprint density at radius 1 is 1.38 bits per heavy atom. The minimum absolute atomic E-state index is 0.0736.